The Labute approximate surface area is 94.0 Å². The number of carbonyl (C=O) groups excluding carboxylic acids is 2. The minimum absolute atomic E-state index is 0.220. The third kappa shape index (κ3) is 2.87. The van der Waals surface area contributed by atoms with Crippen LogP contribution in [0.3, 0.4) is 0 Å². The molecule has 0 atom stereocenters. The van der Waals surface area contributed by atoms with Crippen molar-refractivity contribution in [1.82, 2.24) is 5.32 Å². The van der Waals surface area contributed by atoms with Crippen LogP contribution >= 0.6 is 34.5 Å². The van der Waals surface area contributed by atoms with E-state index in [2.05, 4.69) is 5.32 Å². The van der Waals surface area contributed by atoms with Crippen molar-refractivity contribution >= 4 is 46.4 Å². The zero-order chi connectivity index (χ0) is 10.7. The zero-order valence-electron chi connectivity index (χ0n) is 6.84. The maximum Gasteiger partial charge on any atom is 0.254 e. The second kappa shape index (κ2) is 4.63. The molecule has 3 N–H and O–H groups in total. The molecule has 0 aromatic carbocycles. The lowest BCUT2D eigenvalue weighted by atomic mass is 10.3. The van der Waals surface area contributed by atoms with E-state index in [0.29, 0.717) is 4.34 Å². The van der Waals surface area contributed by atoms with Crippen molar-refractivity contribution in [3.63, 3.8) is 0 Å². The van der Waals surface area contributed by atoms with Gasteiger partial charge in [0.1, 0.15) is 4.34 Å². The first-order chi connectivity index (χ1) is 6.50. The van der Waals surface area contributed by atoms with Crippen LogP contribution in [0.4, 0.5) is 0 Å². The minimum Gasteiger partial charge on any atom is -0.368 e. The monoisotopic (exact) mass is 252 g/mol. The lowest BCUT2D eigenvalue weighted by Crippen LogP contribution is -2.33. The quantitative estimate of drug-likeness (QED) is 0.851. The van der Waals surface area contributed by atoms with Crippen LogP contribution in [0.15, 0.2) is 6.07 Å². The van der Waals surface area contributed by atoms with Crippen LogP contribution in [-0.2, 0) is 4.79 Å². The summed E-state index contributed by atoms with van der Waals surface area (Å²) in [6.07, 6.45) is 0. The van der Waals surface area contributed by atoms with Gasteiger partial charge < -0.3 is 11.1 Å². The fourth-order valence-corrected chi connectivity index (χ4v) is 2.22. The van der Waals surface area contributed by atoms with Crippen LogP contribution < -0.4 is 11.1 Å². The number of amides is 2. The Morgan fingerprint density at radius 3 is 2.57 bits per heavy atom. The predicted molar refractivity (Wildman–Crippen MR) is 55.9 cm³/mol. The molecule has 0 spiro atoms. The first-order valence-electron chi connectivity index (χ1n) is 3.52. The molecule has 0 aliphatic rings. The third-order valence-corrected chi connectivity index (χ3v) is 2.81. The average Bonchev–Trinajstić information content (AvgIpc) is 2.41. The summed E-state index contributed by atoms with van der Waals surface area (Å²) in [7, 11) is 0. The van der Waals surface area contributed by atoms with E-state index < -0.39 is 11.8 Å². The molecule has 0 aliphatic heterocycles. The highest BCUT2D eigenvalue weighted by atomic mass is 35.5. The van der Waals surface area contributed by atoms with E-state index in [9.17, 15) is 9.59 Å². The summed E-state index contributed by atoms with van der Waals surface area (Å²) in [5.74, 6) is -1.08. The highest BCUT2D eigenvalue weighted by molar-refractivity contribution is 7.20. The van der Waals surface area contributed by atoms with Gasteiger partial charge in [0.05, 0.1) is 16.4 Å². The lowest BCUT2D eigenvalue weighted by Gasteiger charge is -1.99. The van der Waals surface area contributed by atoms with Gasteiger partial charge in [-0.1, -0.05) is 23.2 Å². The average molecular weight is 253 g/mol. The lowest BCUT2D eigenvalue weighted by molar-refractivity contribution is -0.117. The first kappa shape index (κ1) is 11.3. The molecule has 0 bridgehead atoms. The Morgan fingerprint density at radius 1 is 1.50 bits per heavy atom. The summed E-state index contributed by atoms with van der Waals surface area (Å²) in [5.41, 5.74) is 5.10. The Morgan fingerprint density at radius 2 is 2.14 bits per heavy atom. The fraction of sp³-hybridized carbons (Fsp3) is 0.143. The molecule has 1 rings (SSSR count). The summed E-state index contributed by atoms with van der Waals surface area (Å²) in [6, 6.07) is 1.44. The number of hydrogen-bond acceptors (Lipinski definition) is 3. The number of halogens is 2. The SMILES string of the molecule is NC(=O)CNC(=O)c1cc(Cl)sc1Cl. The van der Waals surface area contributed by atoms with Crippen molar-refractivity contribution in [3.8, 4) is 0 Å². The third-order valence-electron chi connectivity index (χ3n) is 1.32. The van der Waals surface area contributed by atoms with Gasteiger partial charge >= 0.3 is 0 Å². The Bertz CT molecular complexity index is 378. The molecular formula is C7H6Cl2N2O2S. The molecule has 0 aliphatic carbocycles. The van der Waals surface area contributed by atoms with Gasteiger partial charge in [-0.15, -0.1) is 11.3 Å². The molecule has 4 nitrogen and oxygen atoms in total. The molecule has 0 radical (unpaired) electrons. The molecule has 0 saturated carbocycles. The van der Waals surface area contributed by atoms with E-state index in [0.717, 1.165) is 11.3 Å². The van der Waals surface area contributed by atoms with Crippen molar-refractivity contribution in [2.24, 2.45) is 5.73 Å². The molecule has 0 fully saturated rings. The number of thiophene rings is 1. The highest BCUT2D eigenvalue weighted by Gasteiger charge is 2.13. The van der Waals surface area contributed by atoms with Crippen LogP contribution in [0.25, 0.3) is 0 Å². The first-order valence-corrected chi connectivity index (χ1v) is 5.09. The maximum atomic E-state index is 11.3. The van der Waals surface area contributed by atoms with E-state index in [4.69, 9.17) is 28.9 Å². The highest BCUT2D eigenvalue weighted by Crippen LogP contribution is 2.30. The van der Waals surface area contributed by atoms with E-state index in [-0.39, 0.29) is 16.4 Å². The molecular weight excluding hydrogens is 247 g/mol. The Hall–Kier alpha value is -0.780. The summed E-state index contributed by atoms with van der Waals surface area (Å²) < 4.78 is 0.705. The number of carbonyl (C=O) groups is 2. The molecule has 1 aromatic heterocycles. The van der Waals surface area contributed by atoms with Crippen molar-refractivity contribution in [3.05, 3.63) is 20.3 Å². The minimum atomic E-state index is -0.615. The molecule has 0 saturated heterocycles. The summed E-state index contributed by atoms with van der Waals surface area (Å²) in [6.45, 7) is -0.220. The molecule has 14 heavy (non-hydrogen) atoms. The van der Waals surface area contributed by atoms with Gasteiger partial charge in [0.2, 0.25) is 5.91 Å². The number of nitrogens with two attached hydrogens (primary N) is 1. The molecule has 0 unspecified atom stereocenters. The molecule has 2 amide bonds. The predicted octanol–water partition coefficient (Wildman–Crippen LogP) is 1.27. The summed E-state index contributed by atoms with van der Waals surface area (Å²) >= 11 is 12.4. The van der Waals surface area contributed by atoms with Gasteiger partial charge in [-0.3, -0.25) is 9.59 Å². The molecule has 1 aromatic rings. The zero-order valence-corrected chi connectivity index (χ0v) is 9.17. The van der Waals surface area contributed by atoms with Gasteiger partial charge in [-0.05, 0) is 6.07 Å². The second-order valence-electron chi connectivity index (χ2n) is 2.39. The van der Waals surface area contributed by atoms with Gasteiger partial charge in [0, 0.05) is 0 Å². The van der Waals surface area contributed by atoms with Crippen molar-refractivity contribution < 1.29 is 9.59 Å². The number of primary amides is 1. The standard InChI is InChI=1S/C7H6Cl2N2O2S/c8-4-1-3(6(9)14-4)7(13)11-2-5(10)12/h1H,2H2,(H2,10,12)(H,11,13). The Kier molecular flexibility index (Phi) is 3.74. The number of rotatable bonds is 3. The van der Waals surface area contributed by atoms with Crippen LogP contribution in [0.2, 0.25) is 8.67 Å². The van der Waals surface area contributed by atoms with Gasteiger partial charge in [0.25, 0.3) is 5.91 Å². The topological polar surface area (TPSA) is 72.2 Å². The number of nitrogens with one attached hydrogen (secondary N) is 1. The Balaban J connectivity index is 2.69. The van der Waals surface area contributed by atoms with Crippen molar-refractivity contribution in [1.29, 1.82) is 0 Å². The second-order valence-corrected chi connectivity index (χ2v) is 4.67. The van der Waals surface area contributed by atoms with Gasteiger partial charge in [-0.2, -0.15) is 0 Å². The molecule has 7 heteroatoms. The van der Waals surface area contributed by atoms with Gasteiger partial charge in [-0.25, -0.2) is 0 Å². The maximum absolute atomic E-state index is 11.3. The summed E-state index contributed by atoms with van der Waals surface area (Å²) in [5, 5.41) is 2.30. The smallest absolute Gasteiger partial charge is 0.254 e. The van der Waals surface area contributed by atoms with Crippen molar-refractivity contribution in [2.75, 3.05) is 6.54 Å². The van der Waals surface area contributed by atoms with E-state index >= 15 is 0 Å². The van der Waals surface area contributed by atoms with Gasteiger partial charge in [0.15, 0.2) is 0 Å². The largest absolute Gasteiger partial charge is 0.368 e. The van der Waals surface area contributed by atoms with Crippen molar-refractivity contribution in [2.45, 2.75) is 0 Å². The fourth-order valence-electron chi connectivity index (χ4n) is 0.758. The van der Waals surface area contributed by atoms with Crippen LogP contribution in [0, 0.1) is 0 Å². The number of hydrogen-bond donors (Lipinski definition) is 2. The van der Waals surface area contributed by atoms with Crippen LogP contribution in [0.5, 0.6) is 0 Å². The van der Waals surface area contributed by atoms with E-state index in [1.807, 2.05) is 0 Å². The normalized spacial score (nSPS) is 9.86. The molecule has 1 heterocycles. The molecule has 76 valence electrons. The van der Waals surface area contributed by atoms with Crippen LogP contribution in [-0.4, -0.2) is 18.4 Å². The van der Waals surface area contributed by atoms with E-state index in [1.54, 1.807) is 0 Å². The van der Waals surface area contributed by atoms with Crippen LogP contribution in [0.1, 0.15) is 10.4 Å². The van der Waals surface area contributed by atoms with E-state index in [1.165, 1.54) is 6.07 Å². The summed E-state index contributed by atoms with van der Waals surface area (Å²) in [4.78, 5) is 21.7.